The van der Waals surface area contributed by atoms with E-state index in [1.807, 2.05) is 17.9 Å². The lowest BCUT2D eigenvalue weighted by Crippen LogP contribution is -2.53. The van der Waals surface area contributed by atoms with Crippen LogP contribution in [0.25, 0.3) is 11.1 Å². The van der Waals surface area contributed by atoms with Crippen LogP contribution in [0.3, 0.4) is 0 Å². The van der Waals surface area contributed by atoms with Crippen LogP contribution >= 0.6 is 0 Å². The summed E-state index contributed by atoms with van der Waals surface area (Å²) < 4.78 is 5.69. The van der Waals surface area contributed by atoms with Crippen molar-refractivity contribution in [3.63, 3.8) is 0 Å². The molecule has 1 fully saturated rings. The maximum Gasteiger partial charge on any atom is 0.256 e. The van der Waals surface area contributed by atoms with E-state index in [0.29, 0.717) is 13.2 Å². The molecule has 31 heavy (non-hydrogen) atoms. The zero-order valence-corrected chi connectivity index (χ0v) is 18.4. The van der Waals surface area contributed by atoms with Gasteiger partial charge in [0.15, 0.2) is 0 Å². The van der Waals surface area contributed by atoms with E-state index in [4.69, 9.17) is 4.74 Å². The molecule has 0 saturated carbocycles. The van der Waals surface area contributed by atoms with Gasteiger partial charge in [0.1, 0.15) is 6.10 Å². The second-order valence-electron chi connectivity index (χ2n) is 8.91. The lowest BCUT2D eigenvalue weighted by atomic mass is 9.98. The number of rotatable bonds is 2. The average Bonchev–Trinajstić information content (AvgIpc) is 3.42. The van der Waals surface area contributed by atoms with Crippen LogP contribution in [0.5, 0.6) is 0 Å². The maximum atomic E-state index is 13.3. The molecule has 6 heteroatoms. The zero-order chi connectivity index (χ0) is 21.7. The van der Waals surface area contributed by atoms with Gasteiger partial charge in [-0.25, -0.2) is 0 Å². The van der Waals surface area contributed by atoms with Crippen LogP contribution in [0.15, 0.2) is 36.4 Å². The molecule has 0 spiro atoms. The highest BCUT2D eigenvalue weighted by Crippen LogP contribution is 2.40. The van der Waals surface area contributed by atoms with Gasteiger partial charge in [-0.2, -0.15) is 0 Å². The zero-order valence-electron chi connectivity index (χ0n) is 18.4. The monoisotopic (exact) mass is 419 g/mol. The maximum absolute atomic E-state index is 13.3. The number of hydrogen-bond acceptors (Lipinski definition) is 4. The minimum atomic E-state index is -0.386. The molecule has 3 aliphatic rings. The highest BCUT2D eigenvalue weighted by Gasteiger charge is 2.37. The third-order valence-corrected chi connectivity index (χ3v) is 6.76. The summed E-state index contributed by atoms with van der Waals surface area (Å²) in [6, 6.07) is 12.6. The molecule has 3 heterocycles. The van der Waals surface area contributed by atoms with E-state index in [1.165, 1.54) is 11.3 Å². The Labute approximate surface area is 183 Å². The minimum Gasteiger partial charge on any atom is -0.374 e. The van der Waals surface area contributed by atoms with Gasteiger partial charge >= 0.3 is 0 Å². The van der Waals surface area contributed by atoms with Crippen molar-refractivity contribution in [2.75, 3.05) is 41.4 Å². The predicted molar refractivity (Wildman–Crippen MR) is 123 cm³/mol. The van der Waals surface area contributed by atoms with Gasteiger partial charge in [0.2, 0.25) is 5.91 Å². The first-order chi connectivity index (χ1) is 14.9. The Morgan fingerprint density at radius 3 is 2.48 bits per heavy atom. The van der Waals surface area contributed by atoms with E-state index in [2.05, 4.69) is 42.3 Å². The Balaban J connectivity index is 1.57. The Morgan fingerprint density at radius 1 is 1.03 bits per heavy atom. The normalized spacial score (nSPS) is 22.5. The molecule has 2 aromatic rings. The summed E-state index contributed by atoms with van der Waals surface area (Å²) in [5, 5.41) is 0. The van der Waals surface area contributed by atoms with Crippen LogP contribution in [-0.2, 0) is 20.7 Å². The summed E-state index contributed by atoms with van der Waals surface area (Å²) in [4.78, 5) is 31.6. The Kier molecular flexibility index (Phi) is 4.97. The number of ether oxygens (including phenoxy) is 1. The first-order valence-corrected chi connectivity index (χ1v) is 11.2. The van der Waals surface area contributed by atoms with Gasteiger partial charge in [0, 0.05) is 39.4 Å². The number of carbonyl (C=O) groups is 2. The summed E-state index contributed by atoms with van der Waals surface area (Å²) >= 11 is 0. The van der Waals surface area contributed by atoms with Gasteiger partial charge in [-0.15, -0.1) is 0 Å². The molecule has 2 amide bonds. The Hall–Kier alpha value is -2.86. The third kappa shape index (κ3) is 3.39. The first-order valence-electron chi connectivity index (χ1n) is 11.2. The fourth-order valence-corrected chi connectivity index (χ4v) is 5.19. The number of benzene rings is 2. The molecule has 1 saturated heterocycles. The number of hydrogen-bond donors (Lipinski definition) is 0. The average molecular weight is 420 g/mol. The molecule has 2 aromatic carbocycles. The fourth-order valence-electron chi connectivity index (χ4n) is 5.19. The van der Waals surface area contributed by atoms with Gasteiger partial charge in [0.25, 0.3) is 5.91 Å². The molecule has 0 radical (unpaired) electrons. The van der Waals surface area contributed by atoms with Gasteiger partial charge < -0.3 is 19.4 Å². The van der Waals surface area contributed by atoms with Crippen molar-refractivity contribution in [3.05, 3.63) is 42.0 Å². The quantitative estimate of drug-likeness (QED) is 0.746. The number of likely N-dealkylation sites (N-methyl/N-ethyl adjacent to an activating group) is 1. The third-order valence-electron chi connectivity index (χ3n) is 6.76. The van der Waals surface area contributed by atoms with Crippen molar-refractivity contribution in [1.29, 1.82) is 0 Å². The summed E-state index contributed by atoms with van der Waals surface area (Å²) in [6.45, 7) is 5.73. The van der Waals surface area contributed by atoms with E-state index in [1.54, 1.807) is 11.8 Å². The summed E-state index contributed by atoms with van der Waals surface area (Å²) in [6.07, 6.45) is 2.33. The number of carbonyl (C=O) groups excluding carboxylic acids is 2. The van der Waals surface area contributed by atoms with Crippen molar-refractivity contribution in [2.45, 2.75) is 45.3 Å². The largest absolute Gasteiger partial charge is 0.374 e. The predicted octanol–water partition coefficient (Wildman–Crippen LogP) is 3.61. The first kappa shape index (κ1) is 20.1. The van der Waals surface area contributed by atoms with Crippen LogP contribution in [0.4, 0.5) is 17.1 Å². The molecule has 3 aliphatic heterocycles. The molecular formula is C25H29N3O3. The van der Waals surface area contributed by atoms with Crippen LogP contribution < -0.4 is 14.7 Å². The molecule has 1 unspecified atom stereocenters. The van der Waals surface area contributed by atoms with Crippen molar-refractivity contribution < 1.29 is 14.3 Å². The number of nitrogens with zero attached hydrogens (tertiary/aromatic N) is 3. The van der Waals surface area contributed by atoms with E-state index < -0.39 is 0 Å². The molecule has 0 N–H and O–H groups in total. The van der Waals surface area contributed by atoms with Crippen LogP contribution in [0, 0.1) is 0 Å². The highest BCUT2D eigenvalue weighted by molar-refractivity contribution is 6.06. The number of anilines is 3. The molecule has 0 bridgehead atoms. The SMILES string of the molecule is CC(=O)N1c2ccc(-c3ccc4c(c3)CCN4C)cc2N(C(=O)C2CCCO2)C[C@@H]1C. The van der Waals surface area contributed by atoms with Gasteiger partial charge in [0.05, 0.1) is 17.4 Å². The molecule has 2 atom stereocenters. The lowest BCUT2D eigenvalue weighted by molar-refractivity contribution is -0.127. The molecular weight excluding hydrogens is 390 g/mol. The standard InChI is InChI=1S/C25H29N3O3/c1-16-15-27(25(30)24-5-4-12-31-24)23-14-19(7-9-22(23)28(16)17(2)29)18-6-8-21-20(13-18)10-11-26(21)3/h6-9,13-14,16,24H,4-5,10-12,15H2,1-3H3/t16-,24?/m0/s1. The topological polar surface area (TPSA) is 53.1 Å². The van der Waals surface area contributed by atoms with E-state index in [0.717, 1.165) is 48.3 Å². The number of fused-ring (bicyclic) bond motifs is 2. The van der Waals surface area contributed by atoms with Gasteiger partial charge in [-0.3, -0.25) is 9.59 Å². The van der Waals surface area contributed by atoms with Crippen molar-refractivity contribution >= 4 is 28.9 Å². The van der Waals surface area contributed by atoms with Crippen molar-refractivity contribution in [3.8, 4) is 11.1 Å². The molecule has 5 rings (SSSR count). The van der Waals surface area contributed by atoms with Crippen molar-refractivity contribution in [1.82, 2.24) is 0 Å². The van der Waals surface area contributed by atoms with E-state index >= 15 is 0 Å². The second-order valence-corrected chi connectivity index (χ2v) is 8.91. The summed E-state index contributed by atoms with van der Waals surface area (Å²) in [5.41, 5.74) is 6.41. The fraction of sp³-hybridized carbons (Fsp3) is 0.440. The molecule has 162 valence electrons. The van der Waals surface area contributed by atoms with E-state index in [-0.39, 0.29) is 24.0 Å². The van der Waals surface area contributed by atoms with Gasteiger partial charge in [-0.1, -0.05) is 12.1 Å². The Bertz CT molecular complexity index is 1040. The van der Waals surface area contributed by atoms with Gasteiger partial charge in [-0.05, 0) is 67.1 Å². The second kappa shape index (κ2) is 7.68. The smallest absolute Gasteiger partial charge is 0.256 e. The molecule has 6 nitrogen and oxygen atoms in total. The van der Waals surface area contributed by atoms with E-state index in [9.17, 15) is 9.59 Å². The highest BCUT2D eigenvalue weighted by atomic mass is 16.5. The Morgan fingerprint density at radius 2 is 1.77 bits per heavy atom. The summed E-state index contributed by atoms with van der Waals surface area (Å²) in [7, 11) is 2.12. The summed E-state index contributed by atoms with van der Waals surface area (Å²) in [5.74, 6) is -0.00665. The van der Waals surface area contributed by atoms with Crippen molar-refractivity contribution in [2.24, 2.45) is 0 Å². The number of amides is 2. The lowest BCUT2D eigenvalue weighted by Gasteiger charge is -2.41. The molecule has 0 aliphatic carbocycles. The van der Waals surface area contributed by atoms with Crippen LogP contribution in [0.2, 0.25) is 0 Å². The van der Waals surface area contributed by atoms with Crippen LogP contribution in [0.1, 0.15) is 32.3 Å². The minimum absolute atomic E-state index is 0.00142. The van der Waals surface area contributed by atoms with Crippen LogP contribution in [-0.4, -0.2) is 50.7 Å². The molecule has 0 aromatic heterocycles.